The van der Waals surface area contributed by atoms with Gasteiger partial charge in [0.2, 0.25) is 0 Å². The highest BCUT2D eigenvalue weighted by Gasteiger charge is 2.18. The summed E-state index contributed by atoms with van der Waals surface area (Å²) in [6, 6.07) is 3.69. The van der Waals surface area contributed by atoms with E-state index in [-0.39, 0.29) is 0 Å². The fourth-order valence-electron chi connectivity index (χ4n) is 2.55. The second kappa shape index (κ2) is 6.70. The Hall–Kier alpha value is -1.62. The van der Waals surface area contributed by atoms with Gasteiger partial charge in [0, 0.05) is 18.3 Å². The van der Waals surface area contributed by atoms with Gasteiger partial charge in [0.1, 0.15) is 5.82 Å². The largest absolute Gasteiger partial charge is 0.478 e. The van der Waals surface area contributed by atoms with E-state index in [0.29, 0.717) is 17.4 Å². The molecule has 1 aliphatic heterocycles. The van der Waals surface area contributed by atoms with Gasteiger partial charge in [-0.15, -0.1) is 0 Å². The van der Waals surface area contributed by atoms with Crippen LogP contribution in [0.2, 0.25) is 0 Å². The number of carboxylic acid groups (broad SMARTS) is 1. The zero-order valence-electron chi connectivity index (χ0n) is 12.2. The molecule has 0 aliphatic carbocycles. The van der Waals surface area contributed by atoms with Gasteiger partial charge in [-0.3, -0.25) is 4.90 Å². The molecule has 0 amide bonds. The van der Waals surface area contributed by atoms with Crippen molar-refractivity contribution in [2.24, 2.45) is 0 Å². The molecule has 0 radical (unpaired) electrons. The van der Waals surface area contributed by atoms with Gasteiger partial charge in [-0.25, -0.2) is 9.78 Å². The molecule has 2 heterocycles. The van der Waals surface area contributed by atoms with Crippen molar-refractivity contribution in [2.45, 2.75) is 39.2 Å². The summed E-state index contributed by atoms with van der Waals surface area (Å²) in [5.41, 5.74) is 1.11. The highest BCUT2D eigenvalue weighted by molar-refractivity contribution is 5.88. The van der Waals surface area contributed by atoms with Gasteiger partial charge in [0.15, 0.2) is 0 Å². The zero-order valence-corrected chi connectivity index (χ0v) is 12.2. The van der Waals surface area contributed by atoms with Crippen molar-refractivity contribution in [3.05, 3.63) is 23.4 Å². The minimum Gasteiger partial charge on any atom is -0.478 e. The molecule has 0 spiro atoms. The normalized spacial score (nSPS) is 17.1. The van der Waals surface area contributed by atoms with Crippen LogP contribution in [-0.4, -0.2) is 46.6 Å². The predicted octanol–water partition coefficient (Wildman–Crippen LogP) is 2.24. The summed E-state index contributed by atoms with van der Waals surface area (Å²) in [4.78, 5) is 18.0. The van der Waals surface area contributed by atoms with Crippen molar-refractivity contribution in [3.63, 3.8) is 0 Å². The van der Waals surface area contributed by atoms with Crippen molar-refractivity contribution in [2.75, 3.05) is 25.0 Å². The molecule has 1 saturated heterocycles. The smallest absolute Gasteiger partial charge is 0.335 e. The van der Waals surface area contributed by atoms with E-state index in [2.05, 4.69) is 22.1 Å². The topological polar surface area (TPSA) is 65.5 Å². The first kappa shape index (κ1) is 14.8. The number of aromatic nitrogens is 1. The van der Waals surface area contributed by atoms with E-state index >= 15 is 0 Å². The maximum atomic E-state index is 11.1. The molecule has 0 aromatic carbocycles. The molecular weight excluding hydrogens is 254 g/mol. The molecule has 2 N–H and O–H groups in total. The number of rotatable bonds is 6. The van der Waals surface area contributed by atoms with Crippen LogP contribution in [0.5, 0.6) is 0 Å². The van der Waals surface area contributed by atoms with E-state index in [1.807, 2.05) is 6.92 Å². The summed E-state index contributed by atoms with van der Waals surface area (Å²) in [5, 5.41) is 12.4. The van der Waals surface area contributed by atoms with Crippen LogP contribution in [0.25, 0.3) is 0 Å². The van der Waals surface area contributed by atoms with Gasteiger partial charge < -0.3 is 10.4 Å². The van der Waals surface area contributed by atoms with E-state index in [1.54, 1.807) is 12.1 Å². The average Bonchev–Trinajstić information content (AvgIpc) is 2.98. The molecule has 2 rings (SSSR count). The number of likely N-dealkylation sites (tertiary alicyclic amines) is 1. The maximum Gasteiger partial charge on any atom is 0.335 e. The number of nitrogens with one attached hydrogen (secondary N) is 1. The lowest BCUT2D eigenvalue weighted by atomic mass is 10.2. The van der Waals surface area contributed by atoms with Crippen molar-refractivity contribution in [3.8, 4) is 0 Å². The summed E-state index contributed by atoms with van der Waals surface area (Å²) in [7, 11) is 0. The number of nitrogens with zero attached hydrogens (tertiary/aromatic N) is 2. The first-order valence-electron chi connectivity index (χ1n) is 7.32. The number of anilines is 1. The maximum absolute atomic E-state index is 11.1. The monoisotopic (exact) mass is 277 g/mol. The van der Waals surface area contributed by atoms with Crippen LogP contribution in [0, 0.1) is 0 Å². The van der Waals surface area contributed by atoms with E-state index in [0.717, 1.165) is 31.7 Å². The number of aryl methyl sites for hydroxylation is 1. The van der Waals surface area contributed by atoms with Crippen LogP contribution in [0.1, 0.15) is 42.7 Å². The predicted molar refractivity (Wildman–Crippen MR) is 79.3 cm³/mol. The molecule has 110 valence electrons. The SMILES string of the molecule is CCc1cc(C(=O)O)cc(NCC(C)N2CCCC2)n1. The zero-order chi connectivity index (χ0) is 14.5. The lowest BCUT2D eigenvalue weighted by Crippen LogP contribution is -2.35. The van der Waals surface area contributed by atoms with E-state index < -0.39 is 5.97 Å². The average molecular weight is 277 g/mol. The Morgan fingerprint density at radius 3 is 2.75 bits per heavy atom. The third-order valence-corrected chi connectivity index (χ3v) is 3.83. The van der Waals surface area contributed by atoms with Gasteiger partial charge >= 0.3 is 5.97 Å². The number of pyridine rings is 1. The van der Waals surface area contributed by atoms with Crippen LogP contribution >= 0.6 is 0 Å². The molecule has 1 fully saturated rings. The van der Waals surface area contributed by atoms with Gasteiger partial charge in [-0.1, -0.05) is 6.92 Å². The third kappa shape index (κ3) is 3.70. The van der Waals surface area contributed by atoms with Crippen LogP contribution in [0.4, 0.5) is 5.82 Å². The molecule has 5 nitrogen and oxygen atoms in total. The Kier molecular flexibility index (Phi) is 4.95. The van der Waals surface area contributed by atoms with Gasteiger partial charge in [-0.05, 0) is 51.4 Å². The van der Waals surface area contributed by atoms with E-state index in [1.165, 1.54) is 12.8 Å². The van der Waals surface area contributed by atoms with E-state index in [9.17, 15) is 4.79 Å². The number of carbonyl (C=O) groups is 1. The fraction of sp³-hybridized carbons (Fsp3) is 0.600. The highest BCUT2D eigenvalue weighted by Crippen LogP contribution is 2.14. The first-order chi connectivity index (χ1) is 9.60. The Morgan fingerprint density at radius 2 is 2.15 bits per heavy atom. The van der Waals surface area contributed by atoms with Crippen molar-refractivity contribution in [1.29, 1.82) is 0 Å². The second-order valence-corrected chi connectivity index (χ2v) is 5.36. The Balaban J connectivity index is 2.00. The summed E-state index contributed by atoms with van der Waals surface area (Å²) < 4.78 is 0. The van der Waals surface area contributed by atoms with Crippen LogP contribution in [0.15, 0.2) is 12.1 Å². The van der Waals surface area contributed by atoms with Crippen molar-refractivity contribution < 1.29 is 9.90 Å². The third-order valence-electron chi connectivity index (χ3n) is 3.83. The lowest BCUT2D eigenvalue weighted by Gasteiger charge is -2.24. The molecular formula is C15H23N3O2. The minimum atomic E-state index is -0.905. The van der Waals surface area contributed by atoms with Crippen molar-refractivity contribution >= 4 is 11.8 Å². The minimum absolute atomic E-state index is 0.299. The van der Waals surface area contributed by atoms with Gasteiger partial charge in [0.25, 0.3) is 0 Å². The molecule has 1 atom stereocenters. The van der Waals surface area contributed by atoms with E-state index in [4.69, 9.17) is 5.11 Å². The van der Waals surface area contributed by atoms with Gasteiger partial charge in [-0.2, -0.15) is 0 Å². The quantitative estimate of drug-likeness (QED) is 0.835. The van der Waals surface area contributed by atoms with Crippen LogP contribution in [-0.2, 0) is 6.42 Å². The first-order valence-corrected chi connectivity index (χ1v) is 7.32. The summed E-state index contributed by atoms with van der Waals surface area (Å²) >= 11 is 0. The number of carboxylic acids is 1. The van der Waals surface area contributed by atoms with Crippen LogP contribution in [0.3, 0.4) is 0 Å². The Morgan fingerprint density at radius 1 is 1.45 bits per heavy atom. The highest BCUT2D eigenvalue weighted by atomic mass is 16.4. The second-order valence-electron chi connectivity index (χ2n) is 5.36. The fourth-order valence-corrected chi connectivity index (χ4v) is 2.55. The molecule has 20 heavy (non-hydrogen) atoms. The standard InChI is InChI=1S/C15H23N3O2/c1-3-13-8-12(15(19)20)9-14(17-13)16-10-11(2)18-6-4-5-7-18/h8-9,11H,3-7,10H2,1-2H3,(H,16,17)(H,19,20). The summed E-state index contributed by atoms with van der Waals surface area (Å²) in [5.74, 6) is -0.245. The molecule has 0 saturated carbocycles. The van der Waals surface area contributed by atoms with Crippen molar-refractivity contribution in [1.82, 2.24) is 9.88 Å². The Labute approximate surface area is 120 Å². The summed E-state index contributed by atoms with van der Waals surface area (Å²) in [6.45, 7) is 7.28. The Bertz CT molecular complexity index is 470. The molecule has 1 aliphatic rings. The number of hydrogen-bond donors (Lipinski definition) is 2. The molecule has 1 unspecified atom stereocenters. The van der Waals surface area contributed by atoms with Crippen LogP contribution < -0.4 is 5.32 Å². The summed E-state index contributed by atoms with van der Waals surface area (Å²) in [6.07, 6.45) is 3.28. The molecule has 5 heteroatoms. The van der Waals surface area contributed by atoms with Gasteiger partial charge in [0.05, 0.1) is 5.56 Å². The number of hydrogen-bond acceptors (Lipinski definition) is 4. The lowest BCUT2D eigenvalue weighted by molar-refractivity contribution is 0.0696. The number of aromatic carboxylic acids is 1. The molecule has 1 aromatic rings. The molecule has 1 aromatic heterocycles. The molecule has 0 bridgehead atoms.